The van der Waals surface area contributed by atoms with E-state index >= 15 is 0 Å². The zero-order chi connectivity index (χ0) is 12.6. The lowest BCUT2D eigenvalue weighted by molar-refractivity contribution is 0.613. The fraction of sp³-hybridized carbons (Fsp3) is 0.200. The van der Waals surface area contributed by atoms with Crippen molar-refractivity contribution in [3.63, 3.8) is 0 Å². The second kappa shape index (κ2) is 4.38. The van der Waals surface area contributed by atoms with E-state index in [1.54, 1.807) is 6.07 Å². The highest BCUT2D eigenvalue weighted by molar-refractivity contribution is 7.16. The highest BCUT2D eigenvalue weighted by atomic mass is 35.5. The third kappa shape index (κ3) is 2.27. The Balaban J connectivity index is 2.55. The SMILES string of the molecule is CC(c1ccc(Cl)s1)n1c(N)cc(=O)[nH]c1=O. The molecule has 5 nitrogen and oxygen atoms in total. The van der Waals surface area contributed by atoms with Crippen LogP contribution >= 0.6 is 22.9 Å². The van der Waals surface area contributed by atoms with Crippen LogP contribution in [0.15, 0.2) is 27.8 Å². The quantitative estimate of drug-likeness (QED) is 0.867. The van der Waals surface area contributed by atoms with E-state index in [4.69, 9.17) is 17.3 Å². The molecule has 0 aliphatic heterocycles. The van der Waals surface area contributed by atoms with Crippen molar-refractivity contribution in [1.82, 2.24) is 9.55 Å². The molecule has 0 radical (unpaired) electrons. The van der Waals surface area contributed by atoms with Gasteiger partial charge in [0.15, 0.2) is 0 Å². The molecule has 3 N–H and O–H groups in total. The molecule has 2 rings (SSSR count). The molecule has 2 heterocycles. The molecule has 0 aromatic carbocycles. The van der Waals surface area contributed by atoms with Gasteiger partial charge in [-0.15, -0.1) is 11.3 Å². The number of nitrogens with zero attached hydrogens (tertiary/aromatic N) is 1. The van der Waals surface area contributed by atoms with Gasteiger partial charge in [-0.1, -0.05) is 11.6 Å². The average molecular weight is 272 g/mol. The Labute approximate surface area is 105 Å². The predicted molar refractivity (Wildman–Crippen MR) is 68.9 cm³/mol. The molecule has 0 saturated carbocycles. The number of nitrogens with two attached hydrogens (primary N) is 1. The smallest absolute Gasteiger partial charge is 0.330 e. The van der Waals surface area contributed by atoms with E-state index in [0.717, 1.165) is 4.88 Å². The molecule has 0 aliphatic rings. The van der Waals surface area contributed by atoms with Crippen LogP contribution in [0.3, 0.4) is 0 Å². The summed E-state index contributed by atoms with van der Waals surface area (Å²) in [5.74, 6) is 0.135. The number of nitrogens with one attached hydrogen (secondary N) is 1. The van der Waals surface area contributed by atoms with E-state index in [1.165, 1.54) is 22.0 Å². The highest BCUT2D eigenvalue weighted by Gasteiger charge is 2.14. The first kappa shape index (κ1) is 11.9. The van der Waals surface area contributed by atoms with Gasteiger partial charge in [0.2, 0.25) is 0 Å². The normalized spacial score (nSPS) is 12.6. The maximum absolute atomic E-state index is 11.7. The molecular formula is C10H10ClN3O2S. The first-order valence-corrected chi connectivity index (χ1v) is 6.05. The number of hydrogen-bond donors (Lipinski definition) is 2. The average Bonchev–Trinajstić information content (AvgIpc) is 2.63. The number of anilines is 1. The largest absolute Gasteiger partial charge is 0.385 e. The van der Waals surface area contributed by atoms with E-state index in [-0.39, 0.29) is 11.9 Å². The monoisotopic (exact) mass is 271 g/mol. The van der Waals surface area contributed by atoms with Gasteiger partial charge in [0.1, 0.15) is 5.82 Å². The van der Waals surface area contributed by atoms with Gasteiger partial charge in [0.25, 0.3) is 5.56 Å². The first-order chi connectivity index (χ1) is 7.99. The minimum Gasteiger partial charge on any atom is -0.385 e. The molecule has 1 atom stereocenters. The number of nitrogen functional groups attached to an aromatic ring is 1. The molecule has 17 heavy (non-hydrogen) atoms. The molecule has 0 fully saturated rings. The minimum atomic E-state index is -0.521. The van der Waals surface area contributed by atoms with Gasteiger partial charge < -0.3 is 5.73 Å². The number of halogens is 1. The zero-order valence-corrected chi connectivity index (χ0v) is 10.5. The van der Waals surface area contributed by atoms with Crippen molar-refractivity contribution < 1.29 is 0 Å². The van der Waals surface area contributed by atoms with Crippen molar-refractivity contribution in [2.24, 2.45) is 0 Å². The third-order valence-corrected chi connectivity index (χ3v) is 3.80. The van der Waals surface area contributed by atoms with E-state index in [0.29, 0.717) is 4.34 Å². The van der Waals surface area contributed by atoms with Crippen LogP contribution in [-0.2, 0) is 0 Å². The van der Waals surface area contributed by atoms with E-state index in [9.17, 15) is 9.59 Å². The van der Waals surface area contributed by atoms with Crippen molar-refractivity contribution in [3.8, 4) is 0 Å². The fourth-order valence-electron chi connectivity index (χ4n) is 1.60. The summed E-state index contributed by atoms with van der Waals surface area (Å²) in [5, 5.41) is 0. The molecular weight excluding hydrogens is 262 g/mol. The van der Waals surface area contributed by atoms with Gasteiger partial charge in [-0.25, -0.2) is 4.79 Å². The maximum Gasteiger partial charge on any atom is 0.330 e. The van der Waals surface area contributed by atoms with Crippen LogP contribution < -0.4 is 17.0 Å². The summed E-state index contributed by atoms with van der Waals surface area (Å²) in [7, 11) is 0. The summed E-state index contributed by atoms with van der Waals surface area (Å²) in [6.07, 6.45) is 0. The lowest BCUT2D eigenvalue weighted by Gasteiger charge is -2.15. The van der Waals surface area contributed by atoms with Gasteiger partial charge in [-0.2, -0.15) is 0 Å². The van der Waals surface area contributed by atoms with Crippen LogP contribution in [0.25, 0.3) is 0 Å². The molecule has 0 saturated heterocycles. The summed E-state index contributed by atoms with van der Waals surface area (Å²) in [4.78, 5) is 25.8. The highest BCUT2D eigenvalue weighted by Crippen LogP contribution is 2.28. The number of aromatic amines is 1. The Morgan fingerprint density at radius 3 is 2.71 bits per heavy atom. The van der Waals surface area contributed by atoms with E-state index in [1.807, 2.05) is 13.0 Å². The summed E-state index contributed by atoms with van der Waals surface area (Å²) >= 11 is 7.21. The fourth-order valence-corrected chi connectivity index (χ4v) is 2.71. The maximum atomic E-state index is 11.7. The van der Waals surface area contributed by atoms with Crippen molar-refractivity contribution in [2.75, 3.05) is 5.73 Å². The van der Waals surface area contributed by atoms with Gasteiger partial charge >= 0.3 is 5.69 Å². The number of aromatic nitrogens is 2. The third-order valence-electron chi connectivity index (χ3n) is 2.40. The summed E-state index contributed by atoms with van der Waals surface area (Å²) in [6, 6.07) is 4.50. The van der Waals surface area contributed by atoms with Gasteiger partial charge in [0, 0.05) is 10.9 Å². The van der Waals surface area contributed by atoms with Crippen LogP contribution in [0.1, 0.15) is 17.8 Å². The van der Waals surface area contributed by atoms with Gasteiger partial charge in [-0.05, 0) is 19.1 Å². The van der Waals surface area contributed by atoms with Crippen molar-refractivity contribution in [3.05, 3.63) is 48.3 Å². The lowest BCUT2D eigenvalue weighted by atomic mass is 10.2. The lowest BCUT2D eigenvalue weighted by Crippen LogP contribution is -2.33. The van der Waals surface area contributed by atoms with Crippen LogP contribution in [0.5, 0.6) is 0 Å². The Hall–Kier alpha value is -1.53. The number of rotatable bonds is 2. The first-order valence-electron chi connectivity index (χ1n) is 4.85. The van der Waals surface area contributed by atoms with E-state index in [2.05, 4.69) is 4.98 Å². The van der Waals surface area contributed by atoms with E-state index < -0.39 is 11.2 Å². The molecule has 2 aromatic heterocycles. The van der Waals surface area contributed by atoms with Crippen LogP contribution in [-0.4, -0.2) is 9.55 Å². The summed E-state index contributed by atoms with van der Waals surface area (Å²) in [6.45, 7) is 1.82. The Morgan fingerprint density at radius 2 is 2.18 bits per heavy atom. The molecule has 0 bridgehead atoms. The second-order valence-corrected chi connectivity index (χ2v) is 5.30. The summed E-state index contributed by atoms with van der Waals surface area (Å²) in [5.41, 5.74) is 4.66. The molecule has 0 aliphatic carbocycles. The number of H-pyrrole nitrogens is 1. The van der Waals surface area contributed by atoms with Gasteiger partial charge in [0.05, 0.1) is 10.4 Å². The topological polar surface area (TPSA) is 80.9 Å². The molecule has 1 unspecified atom stereocenters. The minimum absolute atomic E-state index is 0.135. The summed E-state index contributed by atoms with van der Waals surface area (Å²) < 4.78 is 1.96. The Kier molecular flexibility index (Phi) is 3.08. The van der Waals surface area contributed by atoms with Crippen LogP contribution in [0.4, 0.5) is 5.82 Å². The standard InChI is InChI=1S/C10H10ClN3O2S/c1-5(6-2-3-7(11)17-6)14-8(12)4-9(15)13-10(14)16/h2-5H,12H2,1H3,(H,13,15,16). The Bertz CT molecular complexity index is 658. The van der Waals surface area contributed by atoms with Gasteiger partial charge in [-0.3, -0.25) is 14.3 Å². The van der Waals surface area contributed by atoms with Crippen molar-refractivity contribution >= 4 is 28.8 Å². The molecule has 7 heteroatoms. The van der Waals surface area contributed by atoms with Crippen molar-refractivity contribution in [1.29, 1.82) is 0 Å². The predicted octanol–water partition coefficient (Wildman–Crippen LogP) is 1.44. The van der Waals surface area contributed by atoms with Crippen LogP contribution in [0, 0.1) is 0 Å². The van der Waals surface area contributed by atoms with Crippen molar-refractivity contribution in [2.45, 2.75) is 13.0 Å². The molecule has 2 aromatic rings. The molecule has 0 amide bonds. The Morgan fingerprint density at radius 1 is 1.47 bits per heavy atom. The second-order valence-electron chi connectivity index (χ2n) is 3.55. The number of hydrogen-bond acceptors (Lipinski definition) is 4. The molecule has 0 spiro atoms. The zero-order valence-electron chi connectivity index (χ0n) is 8.94. The number of thiophene rings is 1. The van der Waals surface area contributed by atoms with Crippen LogP contribution in [0.2, 0.25) is 4.34 Å². The molecule has 90 valence electrons.